The molecule has 4 aliphatic rings. The maximum Gasteiger partial charge on any atom is 0.410 e. The van der Waals surface area contributed by atoms with Crippen molar-refractivity contribution < 1.29 is 19.4 Å². The second kappa shape index (κ2) is 10.8. The van der Waals surface area contributed by atoms with Crippen LogP contribution in [0.5, 0.6) is 5.75 Å². The summed E-state index contributed by atoms with van der Waals surface area (Å²) < 4.78 is 13.7. The summed E-state index contributed by atoms with van der Waals surface area (Å²) in [6, 6.07) is 7.85. The van der Waals surface area contributed by atoms with Crippen LogP contribution in [0, 0.1) is 6.92 Å². The lowest BCUT2D eigenvalue weighted by Crippen LogP contribution is -2.47. The van der Waals surface area contributed by atoms with Gasteiger partial charge in [-0.3, -0.25) is 9.69 Å². The fraction of sp³-hybridized carbons (Fsp3) is 0.452. The molecule has 1 amide bonds. The fourth-order valence-corrected chi connectivity index (χ4v) is 5.67. The van der Waals surface area contributed by atoms with Gasteiger partial charge in [-0.25, -0.2) is 14.8 Å². The van der Waals surface area contributed by atoms with E-state index in [1.165, 1.54) is 0 Å². The number of anilines is 1. The number of aliphatic imine (C=N–C) groups is 2. The van der Waals surface area contributed by atoms with Crippen molar-refractivity contribution in [1.82, 2.24) is 19.6 Å². The number of amidine groups is 2. The predicted molar refractivity (Wildman–Crippen MR) is 165 cm³/mol. The third kappa shape index (κ3) is 5.84. The van der Waals surface area contributed by atoms with Crippen molar-refractivity contribution in [3.63, 3.8) is 0 Å². The smallest absolute Gasteiger partial charge is 0.410 e. The van der Waals surface area contributed by atoms with Gasteiger partial charge in [0.25, 0.3) is 0 Å². The van der Waals surface area contributed by atoms with Crippen LogP contribution in [-0.2, 0) is 10.3 Å². The van der Waals surface area contributed by atoms with Crippen LogP contribution < -0.4 is 15.5 Å². The van der Waals surface area contributed by atoms with Gasteiger partial charge in [0, 0.05) is 49.9 Å². The first-order chi connectivity index (χ1) is 20.4. The van der Waals surface area contributed by atoms with E-state index in [1.807, 2.05) is 105 Å². The van der Waals surface area contributed by atoms with Crippen LogP contribution in [0.1, 0.15) is 57.4 Å². The molecule has 0 saturated carbocycles. The number of piperidine rings is 1. The number of hydrogen-bond donors (Lipinski definition) is 3. The van der Waals surface area contributed by atoms with Crippen LogP contribution in [0.3, 0.4) is 0 Å². The molecule has 228 valence electrons. The second-order valence-electron chi connectivity index (χ2n) is 12.5. The number of benzene rings is 1. The highest BCUT2D eigenvalue weighted by atomic mass is 16.6. The summed E-state index contributed by atoms with van der Waals surface area (Å²) in [4.78, 5) is 23.6. The van der Waals surface area contributed by atoms with Crippen molar-refractivity contribution in [3.8, 4) is 5.75 Å². The molecule has 12 nitrogen and oxygen atoms in total. The average Bonchev–Trinajstić information content (AvgIpc) is 3.53. The molecule has 4 aliphatic heterocycles. The number of ether oxygens (including phenoxy) is 2. The molecule has 1 aromatic carbocycles. The highest BCUT2D eigenvalue weighted by Crippen LogP contribution is 2.37. The molecule has 0 spiro atoms. The molecule has 3 N–H and O–H groups in total. The van der Waals surface area contributed by atoms with Crippen LogP contribution in [0.2, 0.25) is 0 Å². The number of amides is 1. The van der Waals surface area contributed by atoms with Crippen LogP contribution >= 0.6 is 0 Å². The zero-order chi connectivity index (χ0) is 30.5. The molecular formula is C31H40N8O4. The Morgan fingerprint density at radius 2 is 1.98 bits per heavy atom. The quantitative estimate of drug-likeness (QED) is 0.489. The average molecular weight is 589 g/mol. The van der Waals surface area contributed by atoms with E-state index in [1.54, 1.807) is 4.90 Å². The molecule has 1 atom stereocenters. The molecule has 5 heterocycles. The summed E-state index contributed by atoms with van der Waals surface area (Å²) in [7, 11) is 1.99. The molecule has 1 unspecified atom stereocenters. The zero-order valence-electron chi connectivity index (χ0n) is 25.6. The summed E-state index contributed by atoms with van der Waals surface area (Å²) in [6.07, 6.45) is 7.97. The minimum Gasteiger partial charge on any atom is -0.457 e. The first-order valence-electron chi connectivity index (χ1n) is 14.7. The molecular weight excluding hydrogens is 548 g/mol. The van der Waals surface area contributed by atoms with Crippen LogP contribution in [-0.4, -0.2) is 81.0 Å². The number of fused-ring (bicyclic) bond motifs is 2. The number of aryl methyl sites for hydroxylation is 1. The molecule has 43 heavy (non-hydrogen) atoms. The number of nitrogens with zero attached hydrogens (tertiary/aromatic N) is 6. The van der Waals surface area contributed by atoms with Crippen LogP contribution in [0.25, 0.3) is 0 Å². The number of carbonyl (C=O) groups excluding carboxylic acids is 1. The standard InChI is InChI=1S/C31H40N8O4/c1-20-17-22(7-8-25(20)42-23-9-14-39-26(18-23)32-19-36(39)6)34-28-27-24(10-13-38(27)35-21(2)33-28)31(41)11-15-37(16-12-31)29(40)43-30(3,4)5/h7-10,13-14,17-18,21,35,41H,11-12,15-16,19H2,1-6H3,(H,33,34). The second-order valence-corrected chi connectivity index (χ2v) is 12.5. The number of aromatic nitrogens is 1. The highest BCUT2D eigenvalue weighted by Gasteiger charge is 2.40. The van der Waals surface area contributed by atoms with E-state index < -0.39 is 11.2 Å². The summed E-state index contributed by atoms with van der Waals surface area (Å²) in [6.45, 7) is 10.9. The van der Waals surface area contributed by atoms with E-state index in [0.29, 0.717) is 38.4 Å². The normalized spacial score (nSPS) is 21.3. The molecule has 2 aromatic rings. The predicted octanol–water partition coefficient (Wildman–Crippen LogP) is 4.09. The van der Waals surface area contributed by atoms with E-state index >= 15 is 0 Å². The number of nitrogens with one attached hydrogen (secondary N) is 2. The van der Waals surface area contributed by atoms with Gasteiger partial charge < -0.3 is 30.2 Å². The Kier molecular flexibility index (Phi) is 7.21. The first-order valence-corrected chi connectivity index (χ1v) is 14.7. The molecule has 1 saturated heterocycles. The van der Waals surface area contributed by atoms with Crippen molar-refractivity contribution in [1.29, 1.82) is 0 Å². The summed E-state index contributed by atoms with van der Waals surface area (Å²) in [5, 5.41) is 19.3. The number of likely N-dealkylation sites (tertiary alicyclic amines) is 1. The Hall–Kier alpha value is -4.29. The van der Waals surface area contributed by atoms with E-state index in [9.17, 15) is 9.90 Å². The van der Waals surface area contributed by atoms with Gasteiger partial charge in [0.05, 0.1) is 5.60 Å². The topological polar surface area (TPSA) is 119 Å². The Labute approximate surface area is 251 Å². The maximum atomic E-state index is 12.6. The van der Waals surface area contributed by atoms with Gasteiger partial charge in [-0.15, -0.1) is 0 Å². The van der Waals surface area contributed by atoms with Gasteiger partial charge in [0.2, 0.25) is 0 Å². The SMILES string of the molecule is Cc1cc(NC2=NC(C)Nn3ccc(C4(O)CCN(C(=O)OC(C)(C)C)CC4)c32)ccc1OC1=CC2=NCN(C)N2C=C1. The molecule has 12 heteroatoms. The minimum atomic E-state index is -1.12. The lowest BCUT2D eigenvalue weighted by atomic mass is 9.84. The first kappa shape index (κ1) is 28.8. The number of hydrogen-bond acceptors (Lipinski definition) is 10. The summed E-state index contributed by atoms with van der Waals surface area (Å²) in [5.74, 6) is 2.98. The largest absolute Gasteiger partial charge is 0.457 e. The molecule has 1 fully saturated rings. The lowest BCUT2D eigenvalue weighted by molar-refractivity contribution is -0.0357. The molecule has 1 aromatic heterocycles. The molecule has 0 radical (unpaired) electrons. The zero-order valence-corrected chi connectivity index (χ0v) is 25.6. The highest BCUT2D eigenvalue weighted by molar-refractivity contribution is 6.09. The van der Waals surface area contributed by atoms with Gasteiger partial charge >= 0.3 is 6.09 Å². The van der Waals surface area contributed by atoms with Crippen LogP contribution in [0.4, 0.5) is 10.5 Å². The van der Waals surface area contributed by atoms with Gasteiger partial charge in [-0.05, 0) is 83.4 Å². The lowest BCUT2D eigenvalue weighted by Gasteiger charge is -2.39. The Morgan fingerprint density at radius 1 is 1.21 bits per heavy atom. The van der Waals surface area contributed by atoms with Gasteiger partial charge in [0.1, 0.15) is 41.5 Å². The molecule has 0 aliphatic carbocycles. The number of hydrazine groups is 1. The monoisotopic (exact) mass is 588 g/mol. The number of carbonyl (C=O) groups is 1. The van der Waals surface area contributed by atoms with Crippen LogP contribution in [0.15, 0.2) is 64.6 Å². The van der Waals surface area contributed by atoms with Crippen molar-refractivity contribution >= 4 is 23.5 Å². The van der Waals surface area contributed by atoms with Gasteiger partial charge in [0.15, 0.2) is 5.84 Å². The van der Waals surface area contributed by atoms with E-state index in [0.717, 1.165) is 39.9 Å². The molecule has 6 rings (SSSR count). The van der Waals surface area contributed by atoms with Gasteiger partial charge in [-0.1, -0.05) is 0 Å². The minimum absolute atomic E-state index is 0.176. The van der Waals surface area contributed by atoms with E-state index in [-0.39, 0.29) is 12.3 Å². The van der Waals surface area contributed by atoms with Crippen molar-refractivity contribution in [2.24, 2.45) is 9.98 Å². The molecule has 0 bridgehead atoms. The number of rotatable bonds is 4. The third-order valence-electron chi connectivity index (χ3n) is 7.86. The number of aliphatic hydroxyl groups is 1. The third-order valence-corrected chi connectivity index (χ3v) is 7.86. The van der Waals surface area contributed by atoms with Gasteiger partial charge in [-0.2, -0.15) is 5.01 Å². The van der Waals surface area contributed by atoms with E-state index in [4.69, 9.17) is 14.5 Å². The summed E-state index contributed by atoms with van der Waals surface area (Å²) in [5.41, 5.74) is 5.00. The van der Waals surface area contributed by atoms with E-state index in [2.05, 4.69) is 15.7 Å². The summed E-state index contributed by atoms with van der Waals surface area (Å²) >= 11 is 0. The maximum absolute atomic E-state index is 12.6. The Morgan fingerprint density at radius 3 is 2.70 bits per heavy atom. The van der Waals surface area contributed by atoms with Crippen molar-refractivity contribution in [3.05, 3.63) is 71.4 Å². The Balaban J connectivity index is 1.18. The number of allylic oxidation sites excluding steroid dienone is 1. The Bertz CT molecular complexity index is 1540. The fourth-order valence-electron chi connectivity index (χ4n) is 5.67. The van der Waals surface area contributed by atoms with Crippen molar-refractivity contribution in [2.45, 2.75) is 64.8 Å². The van der Waals surface area contributed by atoms with Crippen molar-refractivity contribution in [2.75, 3.05) is 37.5 Å².